The van der Waals surface area contributed by atoms with Crippen molar-refractivity contribution in [3.63, 3.8) is 0 Å². The molecule has 2 aromatic heterocycles. The summed E-state index contributed by atoms with van der Waals surface area (Å²) in [6.45, 7) is 6.04. The van der Waals surface area contributed by atoms with Crippen molar-refractivity contribution in [3.05, 3.63) is 81.3 Å². The molecule has 1 N–H and O–H groups in total. The van der Waals surface area contributed by atoms with Gasteiger partial charge in [-0.05, 0) is 41.1 Å². The van der Waals surface area contributed by atoms with Crippen LogP contribution in [0, 0.1) is 0 Å². The summed E-state index contributed by atoms with van der Waals surface area (Å²) in [5.41, 5.74) is 0.813. The number of methoxy groups -OCH3 is 1. The van der Waals surface area contributed by atoms with Crippen molar-refractivity contribution in [2.45, 2.75) is 26.2 Å². The summed E-state index contributed by atoms with van der Waals surface area (Å²) in [5, 5.41) is 0.778. The third-order valence-corrected chi connectivity index (χ3v) is 6.03. The summed E-state index contributed by atoms with van der Waals surface area (Å²) < 4.78 is 38.4. The van der Waals surface area contributed by atoms with Crippen molar-refractivity contribution in [1.82, 2.24) is 9.55 Å². The SMILES string of the molecule is COc1c(-c2cc3ccc(NS(C)(=O)=O)cc3c(=O)o2)cc(-n2ccncc2=O)cc1C(C)(C)C. The van der Waals surface area contributed by atoms with Gasteiger partial charge >= 0.3 is 5.63 Å². The largest absolute Gasteiger partial charge is 0.496 e. The fraction of sp³-hybridized carbons (Fsp3) is 0.240. The van der Waals surface area contributed by atoms with E-state index in [9.17, 15) is 18.0 Å². The standard InChI is InChI=1S/C25H25N3O6S/c1-25(2,3)20-13-17(28-9-8-26-14-22(28)29)12-19(23(20)33-4)21-10-15-6-7-16(27-35(5,31)32)11-18(15)24(30)34-21/h6-14,27H,1-5H3. The summed E-state index contributed by atoms with van der Waals surface area (Å²) in [4.78, 5) is 29.3. The molecule has 0 aliphatic carbocycles. The number of benzene rings is 2. The Labute approximate surface area is 202 Å². The van der Waals surface area contributed by atoms with Gasteiger partial charge in [-0.25, -0.2) is 13.2 Å². The van der Waals surface area contributed by atoms with Crippen molar-refractivity contribution in [3.8, 4) is 22.8 Å². The van der Waals surface area contributed by atoms with Crippen molar-refractivity contribution < 1.29 is 17.6 Å². The van der Waals surface area contributed by atoms with Crippen LogP contribution in [-0.2, 0) is 15.4 Å². The van der Waals surface area contributed by atoms with Crippen LogP contribution in [0.15, 0.2) is 69.0 Å². The zero-order valence-corrected chi connectivity index (χ0v) is 20.8. The number of fused-ring (bicyclic) bond motifs is 1. The van der Waals surface area contributed by atoms with Crippen LogP contribution in [-0.4, -0.2) is 31.3 Å². The smallest absolute Gasteiger partial charge is 0.344 e. The number of rotatable bonds is 5. The van der Waals surface area contributed by atoms with Crippen molar-refractivity contribution in [2.75, 3.05) is 18.1 Å². The van der Waals surface area contributed by atoms with E-state index >= 15 is 0 Å². The summed E-state index contributed by atoms with van der Waals surface area (Å²) >= 11 is 0. The number of ether oxygens (including phenoxy) is 1. The molecule has 35 heavy (non-hydrogen) atoms. The molecule has 10 heteroatoms. The van der Waals surface area contributed by atoms with Crippen molar-refractivity contribution in [2.24, 2.45) is 0 Å². The average Bonchev–Trinajstić information content (AvgIpc) is 2.77. The molecule has 4 rings (SSSR count). The van der Waals surface area contributed by atoms with Crippen LogP contribution in [0.5, 0.6) is 5.75 Å². The highest BCUT2D eigenvalue weighted by atomic mass is 32.2. The molecule has 0 fully saturated rings. The van der Waals surface area contributed by atoms with Crippen LogP contribution in [0.25, 0.3) is 27.8 Å². The lowest BCUT2D eigenvalue weighted by atomic mass is 9.84. The van der Waals surface area contributed by atoms with Gasteiger partial charge < -0.3 is 9.15 Å². The predicted molar refractivity (Wildman–Crippen MR) is 135 cm³/mol. The molecule has 0 saturated heterocycles. The van der Waals surface area contributed by atoms with E-state index in [4.69, 9.17) is 9.15 Å². The third-order valence-electron chi connectivity index (χ3n) is 5.42. The van der Waals surface area contributed by atoms with Gasteiger partial charge in [0.25, 0.3) is 5.56 Å². The number of nitrogens with one attached hydrogen (secondary N) is 1. The van der Waals surface area contributed by atoms with E-state index in [0.29, 0.717) is 22.4 Å². The number of aromatic nitrogens is 2. The van der Waals surface area contributed by atoms with Gasteiger partial charge in [0.05, 0.1) is 30.5 Å². The molecule has 182 valence electrons. The Hall–Kier alpha value is -3.92. The van der Waals surface area contributed by atoms with Crippen molar-refractivity contribution >= 4 is 26.5 Å². The monoisotopic (exact) mass is 495 g/mol. The second-order valence-corrected chi connectivity index (χ2v) is 10.9. The highest BCUT2D eigenvalue weighted by Gasteiger charge is 2.25. The topological polar surface area (TPSA) is 120 Å². The molecule has 0 amide bonds. The molecule has 0 aliphatic rings. The molecule has 0 aliphatic heterocycles. The van der Waals surface area contributed by atoms with Gasteiger partial charge in [-0.3, -0.25) is 19.1 Å². The molecule has 2 heterocycles. The normalized spacial score (nSPS) is 12.0. The fourth-order valence-electron chi connectivity index (χ4n) is 3.87. The molecule has 9 nitrogen and oxygen atoms in total. The minimum absolute atomic E-state index is 0.221. The number of hydrogen-bond donors (Lipinski definition) is 1. The maximum atomic E-state index is 12.9. The maximum Gasteiger partial charge on any atom is 0.344 e. The Morgan fingerprint density at radius 1 is 1.09 bits per heavy atom. The van der Waals surface area contributed by atoms with Crippen LogP contribution < -0.4 is 20.6 Å². The zero-order valence-electron chi connectivity index (χ0n) is 19.9. The number of hydrogen-bond acceptors (Lipinski definition) is 7. The number of nitrogens with zero attached hydrogens (tertiary/aromatic N) is 2. The molecule has 4 aromatic rings. The first-order chi connectivity index (χ1) is 16.4. The Bertz CT molecular complexity index is 1660. The highest BCUT2D eigenvalue weighted by molar-refractivity contribution is 7.92. The number of anilines is 1. The predicted octanol–water partition coefficient (Wildman–Crippen LogP) is 3.68. The van der Waals surface area contributed by atoms with E-state index in [2.05, 4.69) is 9.71 Å². The van der Waals surface area contributed by atoms with E-state index < -0.39 is 15.6 Å². The van der Waals surface area contributed by atoms with Crippen molar-refractivity contribution in [1.29, 1.82) is 0 Å². The molecule has 2 aromatic carbocycles. The quantitative estimate of drug-likeness (QED) is 0.448. The lowest BCUT2D eigenvalue weighted by Crippen LogP contribution is -2.19. The summed E-state index contributed by atoms with van der Waals surface area (Å²) in [6.07, 6.45) is 5.33. The number of sulfonamides is 1. The Balaban J connectivity index is 1.99. The van der Waals surface area contributed by atoms with Gasteiger partial charge in [-0.2, -0.15) is 0 Å². The van der Waals surface area contributed by atoms with Gasteiger partial charge in [0, 0.05) is 29.3 Å². The zero-order chi connectivity index (χ0) is 25.5. The molecule has 0 atom stereocenters. The molecule has 0 spiro atoms. The van der Waals surface area contributed by atoms with Crippen LogP contribution >= 0.6 is 0 Å². The minimum Gasteiger partial charge on any atom is -0.496 e. The Morgan fingerprint density at radius 3 is 2.46 bits per heavy atom. The molecule has 0 saturated carbocycles. The van der Waals surface area contributed by atoms with Gasteiger partial charge in [-0.15, -0.1) is 0 Å². The van der Waals surface area contributed by atoms with E-state index in [1.54, 1.807) is 30.5 Å². The van der Waals surface area contributed by atoms with Gasteiger partial charge in [0.15, 0.2) is 0 Å². The molecule has 0 unspecified atom stereocenters. The van der Waals surface area contributed by atoms with Gasteiger partial charge in [-0.1, -0.05) is 26.8 Å². The molecular formula is C25H25N3O6S. The van der Waals surface area contributed by atoms with E-state index in [0.717, 1.165) is 11.8 Å². The first kappa shape index (κ1) is 24.2. The summed E-state index contributed by atoms with van der Waals surface area (Å²) in [6, 6.07) is 9.90. The fourth-order valence-corrected chi connectivity index (χ4v) is 4.42. The second kappa shape index (κ2) is 8.70. The highest BCUT2D eigenvalue weighted by Crippen LogP contribution is 2.41. The minimum atomic E-state index is -3.50. The maximum absolute atomic E-state index is 12.9. The summed E-state index contributed by atoms with van der Waals surface area (Å²) in [7, 11) is -1.97. The first-order valence-corrected chi connectivity index (χ1v) is 12.6. The van der Waals surface area contributed by atoms with Crippen LogP contribution in [0.3, 0.4) is 0 Å². The Morgan fingerprint density at radius 2 is 1.83 bits per heavy atom. The van der Waals surface area contributed by atoms with Crippen LogP contribution in [0.2, 0.25) is 0 Å². The van der Waals surface area contributed by atoms with Crippen LogP contribution in [0.4, 0.5) is 5.69 Å². The third kappa shape index (κ3) is 4.97. The lowest BCUT2D eigenvalue weighted by Gasteiger charge is -2.25. The van der Waals surface area contributed by atoms with Gasteiger partial charge in [0.2, 0.25) is 10.0 Å². The van der Waals surface area contributed by atoms with E-state index in [1.807, 2.05) is 26.8 Å². The first-order valence-electron chi connectivity index (χ1n) is 10.7. The molecular weight excluding hydrogens is 470 g/mol. The van der Waals surface area contributed by atoms with Crippen LogP contribution in [0.1, 0.15) is 26.3 Å². The van der Waals surface area contributed by atoms with E-state index in [-0.39, 0.29) is 27.8 Å². The van der Waals surface area contributed by atoms with Gasteiger partial charge in [0.1, 0.15) is 11.5 Å². The lowest BCUT2D eigenvalue weighted by molar-refractivity contribution is 0.397. The second-order valence-electron chi connectivity index (χ2n) is 9.18. The molecule has 0 bridgehead atoms. The average molecular weight is 496 g/mol. The van der Waals surface area contributed by atoms with E-state index in [1.165, 1.54) is 30.1 Å². The Kier molecular flexibility index (Phi) is 6.02. The summed E-state index contributed by atoms with van der Waals surface area (Å²) in [5.74, 6) is 0.763. The molecule has 0 radical (unpaired) electrons.